The molecule has 2 heterocycles. The Hall–Kier alpha value is -3.29. The molecule has 1 N–H and O–H groups in total. The molecule has 0 bridgehead atoms. The fourth-order valence-corrected chi connectivity index (χ4v) is 4.72. The van der Waals surface area contributed by atoms with Crippen LogP contribution in [0.15, 0.2) is 88.1 Å². The maximum atomic E-state index is 13.4. The van der Waals surface area contributed by atoms with Crippen LogP contribution in [0.1, 0.15) is 28.8 Å². The molecule has 2 unspecified atom stereocenters. The number of hydrogen-bond donors (Lipinski definition) is 1. The van der Waals surface area contributed by atoms with Crippen molar-refractivity contribution in [3.05, 3.63) is 105 Å². The Labute approximate surface area is 205 Å². The minimum atomic E-state index is -0.315. The summed E-state index contributed by atoms with van der Waals surface area (Å²) in [5.74, 6) is -0.0931. The molecule has 5 rings (SSSR count). The highest BCUT2D eigenvalue weighted by Crippen LogP contribution is 2.25. The van der Waals surface area contributed by atoms with Gasteiger partial charge in [-0.2, -0.15) is 0 Å². The Morgan fingerprint density at radius 2 is 1.71 bits per heavy atom. The Balaban J connectivity index is 1.42. The number of rotatable bonds is 6. The van der Waals surface area contributed by atoms with E-state index in [4.69, 9.17) is 4.74 Å². The number of anilines is 1. The lowest BCUT2D eigenvalue weighted by atomic mass is 10.1. The molecule has 4 aromatic rings. The van der Waals surface area contributed by atoms with E-state index >= 15 is 0 Å². The monoisotopic (exact) mass is 517 g/mol. The second-order valence-electron chi connectivity index (χ2n) is 8.48. The van der Waals surface area contributed by atoms with Gasteiger partial charge in [0.2, 0.25) is 5.95 Å². The van der Waals surface area contributed by atoms with Crippen molar-refractivity contribution in [1.29, 1.82) is 0 Å². The van der Waals surface area contributed by atoms with E-state index in [9.17, 15) is 9.59 Å². The summed E-state index contributed by atoms with van der Waals surface area (Å²) in [7, 11) is 0. The second kappa shape index (κ2) is 9.91. The lowest BCUT2D eigenvalue weighted by molar-refractivity contribution is 0.0359. The maximum Gasteiger partial charge on any atom is 0.262 e. The molecule has 1 fully saturated rings. The molecule has 1 saturated heterocycles. The van der Waals surface area contributed by atoms with E-state index in [0.717, 1.165) is 23.7 Å². The van der Waals surface area contributed by atoms with Crippen LogP contribution in [0.4, 0.5) is 5.95 Å². The number of carbonyl (C=O) groups is 1. The van der Waals surface area contributed by atoms with Gasteiger partial charge in [-0.3, -0.25) is 19.5 Å². The molecule has 1 amide bonds. The number of hydrogen-bond acceptors (Lipinski definition) is 4. The van der Waals surface area contributed by atoms with Gasteiger partial charge in [0.25, 0.3) is 11.5 Å². The van der Waals surface area contributed by atoms with Gasteiger partial charge in [-0.1, -0.05) is 64.5 Å². The number of amides is 1. The summed E-state index contributed by atoms with van der Waals surface area (Å²) in [6, 6.07) is 24.5. The van der Waals surface area contributed by atoms with Crippen LogP contribution in [0.5, 0.6) is 0 Å². The summed E-state index contributed by atoms with van der Waals surface area (Å²) in [6.07, 6.45) is 2.58. The molecule has 2 atom stereocenters. The van der Waals surface area contributed by atoms with Gasteiger partial charge < -0.3 is 4.74 Å². The highest BCUT2D eigenvalue weighted by atomic mass is 79.9. The topological polar surface area (TPSA) is 73.2 Å². The molecule has 34 heavy (non-hydrogen) atoms. The third-order valence-corrected chi connectivity index (χ3v) is 6.56. The first kappa shape index (κ1) is 22.5. The normalized spacial score (nSPS) is 17.7. The van der Waals surface area contributed by atoms with E-state index in [1.165, 1.54) is 10.1 Å². The molecular formula is C27H24BrN3O3. The number of ether oxygens (including phenoxy) is 1. The van der Waals surface area contributed by atoms with Gasteiger partial charge >= 0.3 is 0 Å². The Kier molecular flexibility index (Phi) is 6.56. The largest absolute Gasteiger partial charge is 0.373 e. The smallest absolute Gasteiger partial charge is 0.262 e. The minimum absolute atomic E-state index is 0.106. The number of nitrogens with zero attached hydrogens (tertiary/aromatic N) is 2. The number of aromatic nitrogens is 2. The van der Waals surface area contributed by atoms with Gasteiger partial charge in [0.05, 0.1) is 29.7 Å². The summed E-state index contributed by atoms with van der Waals surface area (Å²) < 4.78 is 8.64. The van der Waals surface area contributed by atoms with E-state index in [2.05, 4.69) is 38.4 Å². The molecular weight excluding hydrogens is 494 g/mol. The van der Waals surface area contributed by atoms with Crippen LogP contribution in [0.25, 0.3) is 10.9 Å². The van der Waals surface area contributed by atoms with Gasteiger partial charge in [-0.05, 0) is 55.2 Å². The van der Waals surface area contributed by atoms with Crippen molar-refractivity contribution >= 4 is 38.7 Å². The fourth-order valence-electron chi connectivity index (χ4n) is 4.37. The Bertz CT molecular complexity index is 1370. The van der Waals surface area contributed by atoms with Crippen LogP contribution >= 0.6 is 15.9 Å². The van der Waals surface area contributed by atoms with Crippen LogP contribution in [0.3, 0.4) is 0 Å². The second-order valence-corrected chi connectivity index (χ2v) is 9.40. The molecule has 3 aromatic carbocycles. The SMILES string of the molecule is O=C(Nc1nc2cc(Br)ccc2c(=O)n1CC1CCC(Cc2ccccc2)O1)c1ccccc1. The van der Waals surface area contributed by atoms with Crippen molar-refractivity contribution in [2.24, 2.45) is 0 Å². The molecule has 7 heteroatoms. The van der Waals surface area contributed by atoms with Crippen molar-refractivity contribution < 1.29 is 9.53 Å². The van der Waals surface area contributed by atoms with E-state index in [1.807, 2.05) is 30.3 Å². The predicted octanol–water partition coefficient (Wildman–Crippen LogP) is 5.20. The minimum Gasteiger partial charge on any atom is -0.373 e. The average molecular weight is 518 g/mol. The number of carbonyl (C=O) groups excluding carboxylic acids is 1. The molecule has 172 valence electrons. The van der Waals surface area contributed by atoms with Gasteiger partial charge in [-0.25, -0.2) is 4.98 Å². The molecule has 1 aromatic heterocycles. The molecule has 0 saturated carbocycles. The third kappa shape index (κ3) is 4.95. The zero-order valence-corrected chi connectivity index (χ0v) is 20.1. The number of nitrogens with one attached hydrogen (secondary N) is 1. The van der Waals surface area contributed by atoms with Crippen molar-refractivity contribution in [3.8, 4) is 0 Å². The molecule has 1 aliphatic heterocycles. The van der Waals surface area contributed by atoms with E-state index in [0.29, 0.717) is 23.0 Å². The van der Waals surface area contributed by atoms with Crippen LogP contribution in [-0.2, 0) is 17.7 Å². The van der Waals surface area contributed by atoms with Gasteiger partial charge in [0.1, 0.15) is 0 Å². The van der Waals surface area contributed by atoms with Crippen LogP contribution < -0.4 is 10.9 Å². The lowest BCUT2D eigenvalue weighted by Gasteiger charge is -2.18. The highest BCUT2D eigenvalue weighted by molar-refractivity contribution is 9.10. The maximum absolute atomic E-state index is 13.4. The number of benzene rings is 3. The summed E-state index contributed by atoms with van der Waals surface area (Å²) in [4.78, 5) is 30.9. The molecule has 1 aliphatic rings. The molecule has 0 spiro atoms. The summed E-state index contributed by atoms with van der Waals surface area (Å²) in [5, 5.41) is 3.35. The number of halogens is 1. The quantitative estimate of drug-likeness (QED) is 0.381. The predicted molar refractivity (Wildman–Crippen MR) is 136 cm³/mol. The van der Waals surface area contributed by atoms with Crippen molar-refractivity contribution in [3.63, 3.8) is 0 Å². The standard InChI is InChI=1S/C27H24BrN3O3/c28-20-11-14-23-24(16-20)29-27(30-25(32)19-9-5-2-6-10-19)31(26(23)33)17-22-13-12-21(34-22)15-18-7-3-1-4-8-18/h1-11,14,16,21-22H,12-13,15,17H2,(H,29,30,32). The zero-order valence-electron chi connectivity index (χ0n) is 18.5. The Morgan fingerprint density at radius 3 is 2.47 bits per heavy atom. The lowest BCUT2D eigenvalue weighted by Crippen LogP contribution is -2.31. The Morgan fingerprint density at radius 1 is 1.00 bits per heavy atom. The first-order valence-electron chi connectivity index (χ1n) is 11.3. The first-order chi connectivity index (χ1) is 16.6. The first-order valence-corrected chi connectivity index (χ1v) is 12.1. The zero-order chi connectivity index (χ0) is 23.5. The molecule has 0 radical (unpaired) electrons. The third-order valence-electron chi connectivity index (χ3n) is 6.07. The van der Waals surface area contributed by atoms with Gasteiger partial charge in [0, 0.05) is 10.0 Å². The summed E-state index contributed by atoms with van der Waals surface area (Å²) in [6.45, 7) is 0.327. The van der Waals surface area contributed by atoms with E-state index in [1.54, 1.807) is 36.4 Å². The highest BCUT2D eigenvalue weighted by Gasteiger charge is 2.27. The van der Waals surface area contributed by atoms with Crippen LogP contribution in [-0.4, -0.2) is 27.7 Å². The van der Waals surface area contributed by atoms with Crippen LogP contribution in [0.2, 0.25) is 0 Å². The average Bonchev–Trinajstić information content (AvgIpc) is 3.29. The fraction of sp³-hybridized carbons (Fsp3) is 0.222. The van der Waals surface area contributed by atoms with Crippen molar-refractivity contribution in [2.75, 3.05) is 5.32 Å². The van der Waals surface area contributed by atoms with E-state index < -0.39 is 0 Å². The van der Waals surface area contributed by atoms with Gasteiger partial charge in [-0.15, -0.1) is 0 Å². The van der Waals surface area contributed by atoms with Crippen LogP contribution in [0, 0.1) is 0 Å². The summed E-state index contributed by atoms with van der Waals surface area (Å²) in [5.41, 5.74) is 2.06. The van der Waals surface area contributed by atoms with E-state index in [-0.39, 0.29) is 29.6 Å². The summed E-state index contributed by atoms with van der Waals surface area (Å²) >= 11 is 3.44. The molecule has 6 nitrogen and oxygen atoms in total. The van der Waals surface area contributed by atoms with Crippen molar-refractivity contribution in [2.45, 2.75) is 38.0 Å². The van der Waals surface area contributed by atoms with Crippen molar-refractivity contribution in [1.82, 2.24) is 9.55 Å². The number of fused-ring (bicyclic) bond motifs is 1. The van der Waals surface area contributed by atoms with Gasteiger partial charge in [0.15, 0.2) is 0 Å². The molecule has 0 aliphatic carbocycles.